The first-order chi connectivity index (χ1) is 11.2. The zero-order chi connectivity index (χ0) is 15.9. The number of piperidine rings is 1. The molecule has 0 radical (unpaired) electrons. The molecule has 1 N–H and O–H groups in total. The summed E-state index contributed by atoms with van der Waals surface area (Å²) in [5.74, 6) is 1.94. The van der Waals surface area contributed by atoms with Crippen LogP contribution in [-0.2, 0) is 0 Å². The molecule has 126 valence electrons. The minimum atomic E-state index is 0.138. The van der Waals surface area contributed by atoms with Crippen molar-refractivity contribution >= 4 is 6.03 Å². The number of urea groups is 1. The lowest BCUT2D eigenvalue weighted by Crippen LogP contribution is -2.48. The molecule has 2 amide bonds. The smallest absolute Gasteiger partial charge is 0.317 e. The highest BCUT2D eigenvalue weighted by Crippen LogP contribution is 2.64. The van der Waals surface area contributed by atoms with Crippen LogP contribution in [0.3, 0.4) is 0 Å². The Balaban J connectivity index is 1.29. The van der Waals surface area contributed by atoms with Gasteiger partial charge in [-0.15, -0.1) is 0 Å². The Morgan fingerprint density at radius 1 is 1.26 bits per heavy atom. The SMILES string of the molecule is Cc1nc(C2CC23CCN(C(=O)NC2CCCCC2)CC3)no1. The molecule has 1 saturated heterocycles. The van der Waals surface area contributed by atoms with E-state index in [1.54, 1.807) is 0 Å². The van der Waals surface area contributed by atoms with Gasteiger partial charge in [0.1, 0.15) is 0 Å². The number of nitrogens with zero attached hydrogens (tertiary/aromatic N) is 3. The molecule has 2 heterocycles. The molecule has 1 spiro atoms. The molecule has 3 aliphatic rings. The van der Waals surface area contributed by atoms with Crippen molar-refractivity contribution in [1.82, 2.24) is 20.4 Å². The molecule has 4 rings (SSSR count). The molecule has 0 bridgehead atoms. The van der Waals surface area contributed by atoms with Crippen LogP contribution >= 0.6 is 0 Å². The van der Waals surface area contributed by atoms with Crippen molar-refractivity contribution in [2.75, 3.05) is 13.1 Å². The molecule has 3 fully saturated rings. The van der Waals surface area contributed by atoms with Crippen molar-refractivity contribution in [3.8, 4) is 0 Å². The number of carbonyl (C=O) groups is 1. The summed E-state index contributed by atoms with van der Waals surface area (Å²) >= 11 is 0. The van der Waals surface area contributed by atoms with Crippen LogP contribution in [0.25, 0.3) is 0 Å². The average Bonchev–Trinajstić information content (AvgIpc) is 3.08. The first-order valence-corrected chi connectivity index (χ1v) is 9.02. The van der Waals surface area contributed by atoms with E-state index in [0.29, 0.717) is 23.3 Å². The zero-order valence-electron chi connectivity index (χ0n) is 13.9. The Bertz CT molecular complexity index is 571. The fourth-order valence-corrected chi connectivity index (χ4v) is 4.39. The molecule has 1 atom stereocenters. The molecule has 0 aromatic carbocycles. The molecule has 1 aromatic heterocycles. The number of hydrogen-bond donors (Lipinski definition) is 1. The Labute approximate surface area is 137 Å². The highest BCUT2D eigenvalue weighted by atomic mass is 16.5. The molecule has 1 aliphatic heterocycles. The van der Waals surface area contributed by atoms with Crippen molar-refractivity contribution in [1.29, 1.82) is 0 Å². The van der Waals surface area contributed by atoms with Gasteiger partial charge < -0.3 is 14.7 Å². The Morgan fingerprint density at radius 2 is 2.00 bits per heavy atom. The number of carbonyl (C=O) groups excluding carboxylic acids is 1. The van der Waals surface area contributed by atoms with Gasteiger partial charge in [0.2, 0.25) is 5.89 Å². The fourth-order valence-electron chi connectivity index (χ4n) is 4.39. The second-order valence-electron chi connectivity index (χ2n) is 7.56. The molecular weight excluding hydrogens is 292 g/mol. The molecule has 6 heteroatoms. The zero-order valence-corrected chi connectivity index (χ0v) is 13.9. The third-order valence-corrected chi connectivity index (χ3v) is 6.02. The maximum absolute atomic E-state index is 12.4. The van der Waals surface area contributed by atoms with Crippen LogP contribution in [0, 0.1) is 12.3 Å². The predicted octanol–water partition coefficient (Wildman–Crippen LogP) is 2.99. The summed E-state index contributed by atoms with van der Waals surface area (Å²) < 4.78 is 5.11. The van der Waals surface area contributed by atoms with Gasteiger partial charge in [-0.05, 0) is 37.5 Å². The van der Waals surface area contributed by atoms with Crippen molar-refractivity contribution in [2.24, 2.45) is 5.41 Å². The number of likely N-dealkylation sites (tertiary alicyclic amines) is 1. The van der Waals surface area contributed by atoms with E-state index in [9.17, 15) is 4.79 Å². The van der Waals surface area contributed by atoms with Gasteiger partial charge in [-0.3, -0.25) is 0 Å². The van der Waals surface area contributed by atoms with Crippen LogP contribution in [0.2, 0.25) is 0 Å². The number of rotatable bonds is 2. The van der Waals surface area contributed by atoms with Gasteiger partial charge >= 0.3 is 6.03 Å². The minimum absolute atomic E-state index is 0.138. The molecule has 6 nitrogen and oxygen atoms in total. The van der Waals surface area contributed by atoms with Crippen molar-refractivity contribution in [3.63, 3.8) is 0 Å². The number of hydrogen-bond acceptors (Lipinski definition) is 4. The molecule has 23 heavy (non-hydrogen) atoms. The summed E-state index contributed by atoms with van der Waals surface area (Å²) in [5.41, 5.74) is 0.317. The first kappa shape index (κ1) is 15.0. The largest absolute Gasteiger partial charge is 0.340 e. The van der Waals surface area contributed by atoms with Crippen LogP contribution in [0.4, 0.5) is 4.79 Å². The molecule has 2 aliphatic carbocycles. The summed E-state index contributed by atoms with van der Waals surface area (Å²) in [6, 6.07) is 0.530. The maximum Gasteiger partial charge on any atom is 0.317 e. The Hall–Kier alpha value is -1.59. The summed E-state index contributed by atoms with van der Waals surface area (Å²) in [7, 11) is 0. The van der Waals surface area contributed by atoms with Gasteiger partial charge in [0.05, 0.1) is 0 Å². The predicted molar refractivity (Wildman–Crippen MR) is 85.0 cm³/mol. The van der Waals surface area contributed by atoms with Crippen molar-refractivity contribution in [3.05, 3.63) is 11.7 Å². The summed E-state index contributed by atoms with van der Waals surface area (Å²) in [4.78, 5) is 18.8. The monoisotopic (exact) mass is 318 g/mol. The highest BCUT2D eigenvalue weighted by Gasteiger charge is 2.57. The number of amides is 2. The lowest BCUT2D eigenvalue weighted by molar-refractivity contribution is 0.157. The van der Waals surface area contributed by atoms with E-state index in [-0.39, 0.29) is 6.03 Å². The van der Waals surface area contributed by atoms with Crippen molar-refractivity contribution in [2.45, 2.75) is 70.3 Å². The quantitative estimate of drug-likeness (QED) is 0.910. The third-order valence-electron chi connectivity index (χ3n) is 6.02. The van der Waals surface area contributed by atoms with Crippen LogP contribution < -0.4 is 5.32 Å². The third kappa shape index (κ3) is 2.95. The van der Waals surface area contributed by atoms with E-state index in [0.717, 1.165) is 51.0 Å². The van der Waals surface area contributed by atoms with Crippen molar-refractivity contribution < 1.29 is 9.32 Å². The van der Waals surface area contributed by atoms with Gasteiger partial charge in [-0.2, -0.15) is 4.98 Å². The van der Waals surface area contributed by atoms with Gasteiger partial charge in [0.25, 0.3) is 0 Å². The van der Waals surface area contributed by atoms with Gasteiger partial charge in [-0.25, -0.2) is 4.79 Å². The Kier molecular flexibility index (Phi) is 3.77. The normalized spacial score (nSPS) is 27.2. The summed E-state index contributed by atoms with van der Waals surface area (Å²) in [5, 5.41) is 7.31. The summed E-state index contributed by atoms with van der Waals surface area (Å²) in [6.45, 7) is 3.54. The van der Waals surface area contributed by atoms with Gasteiger partial charge in [-0.1, -0.05) is 24.4 Å². The van der Waals surface area contributed by atoms with E-state index >= 15 is 0 Å². The number of nitrogens with one attached hydrogen (secondary N) is 1. The maximum atomic E-state index is 12.4. The van der Waals surface area contributed by atoms with Gasteiger partial charge in [0.15, 0.2) is 5.82 Å². The standard InChI is InChI=1S/C17H26N4O2/c1-12-18-15(20-23-12)14-11-17(14)7-9-21(10-8-17)16(22)19-13-5-3-2-4-6-13/h13-14H,2-11H2,1H3,(H,19,22). The molecular formula is C17H26N4O2. The van der Waals surface area contributed by atoms with E-state index in [1.165, 1.54) is 19.3 Å². The van der Waals surface area contributed by atoms with E-state index in [4.69, 9.17) is 4.52 Å². The second kappa shape index (κ2) is 5.80. The molecule has 1 unspecified atom stereocenters. The van der Waals surface area contributed by atoms with E-state index in [2.05, 4.69) is 15.5 Å². The van der Waals surface area contributed by atoms with E-state index < -0.39 is 0 Å². The minimum Gasteiger partial charge on any atom is -0.340 e. The number of aryl methyl sites for hydroxylation is 1. The second-order valence-corrected chi connectivity index (χ2v) is 7.56. The lowest BCUT2D eigenvalue weighted by atomic mass is 9.90. The summed E-state index contributed by atoms with van der Waals surface area (Å²) in [6.07, 6.45) is 9.36. The fraction of sp³-hybridized carbons (Fsp3) is 0.824. The van der Waals surface area contributed by atoms with Gasteiger partial charge in [0, 0.05) is 32.0 Å². The number of aromatic nitrogens is 2. The first-order valence-electron chi connectivity index (χ1n) is 9.02. The Morgan fingerprint density at radius 3 is 2.65 bits per heavy atom. The van der Waals surface area contributed by atoms with Crippen LogP contribution in [0.15, 0.2) is 4.52 Å². The molecule has 2 saturated carbocycles. The topological polar surface area (TPSA) is 71.3 Å². The lowest BCUT2D eigenvalue weighted by Gasteiger charge is -2.34. The van der Waals surface area contributed by atoms with E-state index in [1.807, 2.05) is 11.8 Å². The highest BCUT2D eigenvalue weighted by molar-refractivity contribution is 5.74. The molecule has 1 aromatic rings. The van der Waals surface area contributed by atoms with Crippen LogP contribution in [0.5, 0.6) is 0 Å². The average molecular weight is 318 g/mol. The van der Waals surface area contributed by atoms with Crippen LogP contribution in [0.1, 0.15) is 69.0 Å². The van der Waals surface area contributed by atoms with Crippen LogP contribution in [-0.4, -0.2) is 40.2 Å².